The van der Waals surface area contributed by atoms with Gasteiger partial charge in [-0.15, -0.1) is 0 Å². The molecule has 0 bridgehead atoms. The van der Waals surface area contributed by atoms with Crippen LogP contribution < -0.4 is 11.0 Å². The van der Waals surface area contributed by atoms with Gasteiger partial charge in [-0.25, -0.2) is 4.79 Å². The Bertz CT molecular complexity index is 776. The molecule has 1 fully saturated rings. The monoisotopic (exact) mass is 347 g/mol. The molecular formula is C18H25N3O4. The van der Waals surface area contributed by atoms with Crippen molar-refractivity contribution < 1.29 is 14.3 Å². The molecule has 0 radical (unpaired) electrons. The zero-order chi connectivity index (χ0) is 17.8. The van der Waals surface area contributed by atoms with Crippen molar-refractivity contribution in [2.45, 2.75) is 51.4 Å². The summed E-state index contributed by atoms with van der Waals surface area (Å²) in [7, 11) is 0. The van der Waals surface area contributed by atoms with E-state index in [0.717, 1.165) is 42.5 Å². The second-order valence-corrected chi connectivity index (χ2v) is 6.58. The summed E-state index contributed by atoms with van der Waals surface area (Å²) in [4.78, 5) is 29.1. The minimum Gasteiger partial charge on any atom is -0.376 e. The van der Waals surface area contributed by atoms with Crippen LogP contribution in [0.4, 0.5) is 0 Å². The first-order valence-corrected chi connectivity index (χ1v) is 8.78. The van der Waals surface area contributed by atoms with Crippen LogP contribution in [0, 0.1) is 0 Å². The zero-order valence-electron chi connectivity index (χ0n) is 14.6. The first-order valence-electron chi connectivity index (χ1n) is 8.78. The van der Waals surface area contributed by atoms with Crippen molar-refractivity contribution in [3.8, 4) is 0 Å². The Morgan fingerprint density at radius 1 is 1.32 bits per heavy atom. The summed E-state index contributed by atoms with van der Waals surface area (Å²) in [6, 6.07) is 5.39. The molecule has 3 rings (SSSR count). The first kappa shape index (κ1) is 17.7. The largest absolute Gasteiger partial charge is 0.376 e. The van der Waals surface area contributed by atoms with Crippen molar-refractivity contribution in [1.82, 2.24) is 15.3 Å². The molecule has 3 atom stereocenters. The molecule has 1 aliphatic heterocycles. The van der Waals surface area contributed by atoms with E-state index in [-0.39, 0.29) is 23.7 Å². The summed E-state index contributed by atoms with van der Waals surface area (Å²) < 4.78 is 11.3. The topological polar surface area (TPSA) is 96.2 Å². The number of carbonyl (C=O) groups is 1. The molecule has 1 aromatic carbocycles. The zero-order valence-corrected chi connectivity index (χ0v) is 14.6. The molecule has 7 nitrogen and oxygen atoms in total. The molecule has 25 heavy (non-hydrogen) atoms. The maximum Gasteiger partial charge on any atom is 0.323 e. The van der Waals surface area contributed by atoms with E-state index < -0.39 is 6.10 Å². The summed E-state index contributed by atoms with van der Waals surface area (Å²) in [5.41, 5.74) is 2.15. The number of fused-ring (bicyclic) bond motifs is 1. The second-order valence-electron chi connectivity index (χ2n) is 6.58. The number of carbonyl (C=O) groups excluding carboxylic acids is 1. The van der Waals surface area contributed by atoms with Crippen molar-refractivity contribution >= 4 is 16.9 Å². The van der Waals surface area contributed by atoms with Gasteiger partial charge in [0, 0.05) is 6.61 Å². The Labute approximate surface area is 146 Å². The fourth-order valence-electron chi connectivity index (χ4n) is 3.00. The normalized spacial score (nSPS) is 20.3. The van der Waals surface area contributed by atoms with Gasteiger partial charge in [-0.05, 0) is 50.8 Å². The molecule has 0 aliphatic carbocycles. The van der Waals surface area contributed by atoms with Crippen molar-refractivity contribution in [3.05, 3.63) is 34.2 Å². The predicted octanol–water partition coefficient (Wildman–Crippen LogP) is 2.01. The number of hydrogen-bond donors (Lipinski definition) is 3. The van der Waals surface area contributed by atoms with Crippen molar-refractivity contribution in [1.29, 1.82) is 0 Å². The van der Waals surface area contributed by atoms with E-state index in [0.29, 0.717) is 6.61 Å². The number of amides is 1. The minimum absolute atomic E-state index is 0.0919. The SMILES string of the molecule is C[C@H](OC[C@H]1CCCCO1)C(=O)N[C@@H](C)c1ccc2[nH]c(=O)[nH]c2c1. The maximum absolute atomic E-state index is 12.3. The van der Waals surface area contributed by atoms with Gasteiger partial charge >= 0.3 is 5.69 Å². The lowest BCUT2D eigenvalue weighted by atomic mass is 10.1. The highest BCUT2D eigenvalue weighted by molar-refractivity contribution is 5.81. The molecule has 2 heterocycles. The first-order chi connectivity index (χ1) is 12.0. The number of benzene rings is 1. The summed E-state index contributed by atoms with van der Waals surface area (Å²) in [6.45, 7) is 4.87. The molecule has 136 valence electrons. The van der Waals surface area contributed by atoms with Gasteiger partial charge in [0.15, 0.2) is 0 Å². The van der Waals surface area contributed by atoms with Crippen LogP contribution in [0.5, 0.6) is 0 Å². The molecule has 1 aliphatic rings. The van der Waals surface area contributed by atoms with Crippen LogP contribution in [0.25, 0.3) is 11.0 Å². The van der Waals surface area contributed by atoms with Crippen molar-refractivity contribution in [3.63, 3.8) is 0 Å². The molecule has 2 aromatic rings. The molecule has 7 heteroatoms. The van der Waals surface area contributed by atoms with Gasteiger partial charge in [-0.2, -0.15) is 0 Å². The third-order valence-electron chi connectivity index (χ3n) is 4.57. The van der Waals surface area contributed by atoms with Crippen LogP contribution in [0.3, 0.4) is 0 Å². The lowest BCUT2D eigenvalue weighted by Gasteiger charge is -2.24. The number of hydrogen-bond acceptors (Lipinski definition) is 4. The van der Waals surface area contributed by atoms with Gasteiger partial charge < -0.3 is 24.8 Å². The van der Waals surface area contributed by atoms with Gasteiger partial charge in [0.2, 0.25) is 5.91 Å². The van der Waals surface area contributed by atoms with Crippen LogP contribution in [0.1, 0.15) is 44.7 Å². The number of nitrogens with one attached hydrogen (secondary N) is 3. The van der Waals surface area contributed by atoms with E-state index in [1.54, 1.807) is 6.92 Å². The Kier molecular flexibility index (Phi) is 5.55. The lowest BCUT2D eigenvalue weighted by molar-refractivity contribution is -0.136. The van der Waals surface area contributed by atoms with Gasteiger partial charge in [-0.3, -0.25) is 4.79 Å². The molecule has 0 spiro atoms. The molecule has 0 saturated carbocycles. The fourth-order valence-corrected chi connectivity index (χ4v) is 3.00. The number of imidazole rings is 1. The Balaban J connectivity index is 1.53. The highest BCUT2D eigenvalue weighted by Gasteiger charge is 2.20. The minimum atomic E-state index is -0.538. The number of rotatable bonds is 6. The third-order valence-corrected chi connectivity index (χ3v) is 4.57. The lowest BCUT2D eigenvalue weighted by Crippen LogP contribution is -2.38. The Hall–Kier alpha value is -2.12. The molecule has 1 aromatic heterocycles. The van der Waals surface area contributed by atoms with Crippen LogP contribution in [-0.2, 0) is 14.3 Å². The van der Waals surface area contributed by atoms with Crippen molar-refractivity contribution in [2.24, 2.45) is 0 Å². The van der Waals surface area contributed by atoms with E-state index in [9.17, 15) is 9.59 Å². The van der Waals surface area contributed by atoms with Crippen molar-refractivity contribution in [2.75, 3.05) is 13.2 Å². The predicted molar refractivity (Wildman–Crippen MR) is 94.5 cm³/mol. The number of ether oxygens (including phenoxy) is 2. The molecule has 0 unspecified atom stereocenters. The highest BCUT2D eigenvalue weighted by atomic mass is 16.5. The standard InChI is InChI=1S/C18H25N3O4/c1-11(13-6-7-15-16(9-13)21-18(23)20-15)19-17(22)12(2)25-10-14-5-3-4-8-24-14/h6-7,9,11-12,14H,3-5,8,10H2,1-2H3,(H,19,22)(H2,20,21,23)/t11-,12-,14+/m0/s1. The average molecular weight is 347 g/mol. The molecule has 1 saturated heterocycles. The van der Waals surface area contributed by atoms with Crippen LogP contribution >= 0.6 is 0 Å². The summed E-state index contributed by atoms with van der Waals surface area (Å²) in [6.07, 6.45) is 2.79. The van der Waals surface area contributed by atoms with Gasteiger partial charge in [-0.1, -0.05) is 6.07 Å². The van der Waals surface area contributed by atoms with Gasteiger partial charge in [0.1, 0.15) is 6.10 Å². The fraction of sp³-hybridized carbons (Fsp3) is 0.556. The Morgan fingerprint density at radius 3 is 2.88 bits per heavy atom. The van der Waals surface area contributed by atoms with E-state index in [4.69, 9.17) is 9.47 Å². The van der Waals surface area contributed by atoms with Gasteiger partial charge in [0.05, 0.1) is 29.8 Å². The second kappa shape index (κ2) is 7.84. The van der Waals surface area contributed by atoms with E-state index >= 15 is 0 Å². The summed E-state index contributed by atoms with van der Waals surface area (Å²) in [5.74, 6) is -0.161. The van der Waals surface area contributed by atoms with Crippen LogP contribution in [0.2, 0.25) is 0 Å². The Morgan fingerprint density at radius 2 is 2.12 bits per heavy atom. The van der Waals surface area contributed by atoms with Gasteiger partial charge in [0.25, 0.3) is 0 Å². The molecule has 1 amide bonds. The number of H-pyrrole nitrogens is 2. The number of aromatic amines is 2. The van der Waals surface area contributed by atoms with E-state index in [1.165, 1.54) is 0 Å². The third kappa shape index (κ3) is 4.49. The smallest absolute Gasteiger partial charge is 0.323 e. The van der Waals surface area contributed by atoms with E-state index in [2.05, 4.69) is 15.3 Å². The average Bonchev–Trinajstić information content (AvgIpc) is 2.99. The highest BCUT2D eigenvalue weighted by Crippen LogP contribution is 2.18. The maximum atomic E-state index is 12.3. The quantitative estimate of drug-likeness (QED) is 0.745. The summed E-state index contributed by atoms with van der Waals surface area (Å²) >= 11 is 0. The van der Waals surface area contributed by atoms with E-state index in [1.807, 2.05) is 25.1 Å². The molecular weight excluding hydrogens is 322 g/mol. The van der Waals surface area contributed by atoms with Crippen LogP contribution in [-0.4, -0.2) is 41.3 Å². The van der Waals surface area contributed by atoms with Crippen LogP contribution in [0.15, 0.2) is 23.0 Å². The number of aromatic nitrogens is 2. The summed E-state index contributed by atoms with van der Waals surface area (Å²) in [5, 5.41) is 2.95. The molecule has 3 N–H and O–H groups in total.